The van der Waals surface area contributed by atoms with E-state index in [0.717, 1.165) is 42.6 Å². The number of likely N-dealkylation sites (tertiary alicyclic amines) is 1. The molecule has 7 nitrogen and oxygen atoms in total. The normalized spacial score (nSPS) is 15.1. The Hall–Kier alpha value is -3.32. The second-order valence-corrected chi connectivity index (χ2v) is 8.38. The number of nitrogens with one attached hydrogen (secondary N) is 1. The smallest absolute Gasteiger partial charge is 0.273 e. The Morgan fingerprint density at radius 1 is 1.03 bits per heavy atom. The number of carbonyl (C=O) groups is 1. The number of piperidine rings is 1. The van der Waals surface area contributed by atoms with Crippen LogP contribution in [0.15, 0.2) is 53.1 Å². The van der Waals surface area contributed by atoms with Crippen LogP contribution < -0.4 is 14.8 Å². The van der Waals surface area contributed by atoms with Crippen LogP contribution in [0.1, 0.15) is 46.9 Å². The van der Waals surface area contributed by atoms with Gasteiger partial charge in [0.1, 0.15) is 0 Å². The van der Waals surface area contributed by atoms with Gasteiger partial charge in [0.2, 0.25) is 0 Å². The molecule has 1 unspecified atom stereocenters. The third kappa shape index (κ3) is 5.37. The second kappa shape index (κ2) is 10.5. The molecule has 1 N–H and O–H groups in total. The fourth-order valence-corrected chi connectivity index (χ4v) is 4.26. The summed E-state index contributed by atoms with van der Waals surface area (Å²) in [6.07, 6.45) is 3.55. The third-order valence-electron chi connectivity index (χ3n) is 6.16. The lowest BCUT2D eigenvalue weighted by atomic mass is 10.0. The molecule has 4 rings (SSSR count). The predicted octanol–water partition coefficient (Wildman–Crippen LogP) is 4.62. The summed E-state index contributed by atoms with van der Waals surface area (Å²) in [6.45, 7) is 4.48. The molecule has 1 atom stereocenters. The highest BCUT2D eigenvalue weighted by Gasteiger charge is 2.25. The Morgan fingerprint density at radius 3 is 2.45 bits per heavy atom. The average molecular weight is 450 g/mol. The zero-order valence-electron chi connectivity index (χ0n) is 19.5. The van der Waals surface area contributed by atoms with E-state index in [-0.39, 0.29) is 17.6 Å². The molecule has 1 aromatic heterocycles. The first-order chi connectivity index (χ1) is 16.1. The fourth-order valence-electron chi connectivity index (χ4n) is 4.26. The maximum Gasteiger partial charge on any atom is 0.273 e. The Kier molecular flexibility index (Phi) is 7.29. The molecule has 1 aliphatic rings. The van der Waals surface area contributed by atoms with Crippen molar-refractivity contribution in [2.45, 2.75) is 32.2 Å². The van der Waals surface area contributed by atoms with Crippen molar-refractivity contribution >= 4 is 5.91 Å². The fraction of sp³-hybridized carbons (Fsp3) is 0.385. The molecule has 3 aromatic rings. The lowest BCUT2D eigenvalue weighted by Gasteiger charge is -2.35. The van der Waals surface area contributed by atoms with Gasteiger partial charge in [0.05, 0.1) is 20.3 Å². The summed E-state index contributed by atoms with van der Waals surface area (Å²) in [7, 11) is 3.26. The van der Waals surface area contributed by atoms with Gasteiger partial charge in [-0.2, -0.15) is 0 Å². The van der Waals surface area contributed by atoms with Crippen LogP contribution in [0, 0.1) is 6.92 Å². The molecule has 0 saturated carbocycles. The van der Waals surface area contributed by atoms with Gasteiger partial charge < -0.3 is 19.3 Å². The van der Waals surface area contributed by atoms with Crippen molar-refractivity contribution in [3.05, 3.63) is 65.4 Å². The summed E-state index contributed by atoms with van der Waals surface area (Å²) >= 11 is 0. The minimum absolute atomic E-state index is 0.0255. The number of carbonyl (C=O) groups excluding carboxylic acids is 1. The molecular formula is C26H31N3O4. The molecule has 7 heteroatoms. The van der Waals surface area contributed by atoms with Gasteiger partial charge in [-0.3, -0.25) is 9.69 Å². The van der Waals surface area contributed by atoms with Crippen LogP contribution in [0.25, 0.3) is 11.3 Å². The van der Waals surface area contributed by atoms with Gasteiger partial charge in [0, 0.05) is 18.2 Å². The number of benzene rings is 2. The van der Waals surface area contributed by atoms with Gasteiger partial charge in [-0.25, -0.2) is 0 Å². The summed E-state index contributed by atoms with van der Waals surface area (Å²) in [4.78, 5) is 15.3. The van der Waals surface area contributed by atoms with Gasteiger partial charge in [0.15, 0.2) is 23.0 Å². The monoisotopic (exact) mass is 449 g/mol. The quantitative estimate of drug-likeness (QED) is 0.541. The number of rotatable bonds is 8. The van der Waals surface area contributed by atoms with E-state index >= 15 is 0 Å². The van der Waals surface area contributed by atoms with Gasteiger partial charge in [-0.15, -0.1) is 0 Å². The molecule has 1 fully saturated rings. The first kappa shape index (κ1) is 22.9. The molecule has 1 aliphatic heterocycles. The highest BCUT2D eigenvalue weighted by Crippen LogP contribution is 2.33. The molecule has 1 amide bonds. The lowest BCUT2D eigenvalue weighted by Crippen LogP contribution is -2.40. The molecule has 2 aromatic carbocycles. The number of amides is 1. The Balaban J connectivity index is 1.50. The largest absolute Gasteiger partial charge is 0.493 e. The topological polar surface area (TPSA) is 76.8 Å². The van der Waals surface area contributed by atoms with Gasteiger partial charge in [0.25, 0.3) is 5.91 Å². The van der Waals surface area contributed by atoms with Crippen molar-refractivity contribution in [3.63, 3.8) is 0 Å². The Labute approximate surface area is 194 Å². The summed E-state index contributed by atoms with van der Waals surface area (Å²) in [5.74, 6) is 1.70. The van der Waals surface area contributed by atoms with E-state index in [1.165, 1.54) is 6.42 Å². The average Bonchev–Trinajstić information content (AvgIpc) is 3.35. The van der Waals surface area contributed by atoms with Crippen LogP contribution in [-0.4, -0.2) is 49.8 Å². The molecule has 174 valence electrons. The Bertz CT molecular complexity index is 1070. The number of methoxy groups -OCH3 is 2. The van der Waals surface area contributed by atoms with Crippen molar-refractivity contribution in [3.8, 4) is 22.8 Å². The van der Waals surface area contributed by atoms with Crippen LogP contribution in [-0.2, 0) is 0 Å². The van der Waals surface area contributed by atoms with E-state index in [4.69, 9.17) is 14.0 Å². The Morgan fingerprint density at radius 2 is 1.76 bits per heavy atom. The summed E-state index contributed by atoms with van der Waals surface area (Å²) < 4.78 is 16.3. The van der Waals surface area contributed by atoms with E-state index in [9.17, 15) is 4.79 Å². The van der Waals surface area contributed by atoms with Gasteiger partial charge in [-0.05, 0) is 50.6 Å². The number of ether oxygens (including phenoxy) is 2. The minimum Gasteiger partial charge on any atom is -0.493 e. The summed E-state index contributed by atoms with van der Waals surface area (Å²) in [6, 6.07) is 15.6. The van der Waals surface area contributed by atoms with E-state index in [2.05, 4.69) is 15.4 Å². The maximum atomic E-state index is 12.9. The van der Waals surface area contributed by atoms with E-state index in [1.54, 1.807) is 20.3 Å². The molecule has 0 aliphatic carbocycles. The van der Waals surface area contributed by atoms with Gasteiger partial charge >= 0.3 is 0 Å². The van der Waals surface area contributed by atoms with Crippen molar-refractivity contribution in [2.75, 3.05) is 33.9 Å². The number of hydrogen-bond donors (Lipinski definition) is 1. The molecular weight excluding hydrogens is 418 g/mol. The van der Waals surface area contributed by atoms with Crippen LogP contribution in [0.3, 0.4) is 0 Å². The van der Waals surface area contributed by atoms with E-state index in [0.29, 0.717) is 23.8 Å². The number of aryl methyl sites for hydroxylation is 1. The van der Waals surface area contributed by atoms with E-state index < -0.39 is 0 Å². The zero-order chi connectivity index (χ0) is 23.2. The second-order valence-electron chi connectivity index (χ2n) is 8.38. The number of aromatic nitrogens is 1. The standard InChI is InChI=1S/C26H31N3O4/c1-18-7-9-19(10-8-18)24-16-21(28-33-24)26(30)27-17-22(29-13-5-4-6-14-29)20-11-12-23(31-2)25(15-20)32-3/h7-12,15-16,22H,4-6,13-14,17H2,1-3H3,(H,27,30). The highest BCUT2D eigenvalue weighted by atomic mass is 16.5. The summed E-state index contributed by atoms with van der Waals surface area (Å²) in [5, 5.41) is 7.05. The third-order valence-corrected chi connectivity index (χ3v) is 6.16. The molecule has 33 heavy (non-hydrogen) atoms. The van der Waals surface area contributed by atoms with Gasteiger partial charge in [-0.1, -0.05) is 47.5 Å². The van der Waals surface area contributed by atoms with Crippen LogP contribution >= 0.6 is 0 Å². The molecule has 0 bridgehead atoms. The lowest BCUT2D eigenvalue weighted by molar-refractivity contribution is 0.0915. The first-order valence-corrected chi connectivity index (χ1v) is 11.4. The first-order valence-electron chi connectivity index (χ1n) is 11.4. The van der Waals surface area contributed by atoms with Crippen molar-refractivity contribution < 1.29 is 18.8 Å². The molecule has 0 spiro atoms. The van der Waals surface area contributed by atoms with Crippen molar-refractivity contribution in [2.24, 2.45) is 0 Å². The van der Waals surface area contributed by atoms with Crippen molar-refractivity contribution in [1.82, 2.24) is 15.4 Å². The predicted molar refractivity (Wildman–Crippen MR) is 127 cm³/mol. The molecule has 0 radical (unpaired) electrons. The highest BCUT2D eigenvalue weighted by molar-refractivity contribution is 5.93. The SMILES string of the molecule is COc1ccc(C(CNC(=O)c2cc(-c3ccc(C)cc3)on2)N2CCCCC2)cc1OC. The number of hydrogen-bond acceptors (Lipinski definition) is 6. The van der Waals surface area contributed by atoms with Crippen LogP contribution in [0.4, 0.5) is 0 Å². The minimum atomic E-state index is -0.250. The zero-order valence-corrected chi connectivity index (χ0v) is 19.5. The maximum absolute atomic E-state index is 12.9. The molecule has 2 heterocycles. The van der Waals surface area contributed by atoms with Crippen LogP contribution in [0.2, 0.25) is 0 Å². The van der Waals surface area contributed by atoms with E-state index in [1.807, 2.05) is 49.4 Å². The summed E-state index contributed by atoms with van der Waals surface area (Å²) in [5.41, 5.74) is 3.41. The number of nitrogens with zero attached hydrogens (tertiary/aromatic N) is 2. The molecule has 1 saturated heterocycles. The van der Waals surface area contributed by atoms with Crippen LogP contribution in [0.5, 0.6) is 11.5 Å². The van der Waals surface area contributed by atoms with Crippen molar-refractivity contribution in [1.29, 1.82) is 0 Å².